The Labute approximate surface area is 128 Å². The molecule has 2 amide bonds. The summed E-state index contributed by atoms with van der Waals surface area (Å²) in [5.41, 5.74) is 0. The molecule has 114 valence electrons. The molecule has 1 saturated heterocycles. The Bertz CT molecular complexity index is 505. The number of nitrogens with zero attached hydrogens (tertiary/aromatic N) is 1. The Kier molecular flexibility index (Phi) is 4.14. The van der Waals surface area contributed by atoms with E-state index >= 15 is 0 Å². The number of urea groups is 1. The van der Waals surface area contributed by atoms with Gasteiger partial charge in [0.15, 0.2) is 0 Å². The van der Waals surface area contributed by atoms with Gasteiger partial charge in [-0.15, -0.1) is 11.3 Å². The normalized spacial score (nSPS) is 21.0. The van der Waals surface area contributed by atoms with E-state index < -0.39 is 5.97 Å². The predicted molar refractivity (Wildman–Crippen MR) is 80.2 cm³/mol. The van der Waals surface area contributed by atoms with Crippen molar-refractivity contribution < 1.29 is 14.7 Å². The quantitative estimate of drug-likeness (QED) is 0.898. The van der Waals surface area contributed by atoms with Crippen LogP contribution in [-0.2, 0) is 4.79 Å². The van der Waals surface area contributed by atoms with Crippen LogP contribution in [0, 0.1) is 11.8 Å². The zero-order chi connectivity index (χ0) is 14.8. The summed E-state index contributed by atoms with van der Waals surface area (Å²) in [5.74, 6) is -0.487. The molecule has 2 N–H and O–H groups in total. The number of hydrogen-bond acceptors (Lipinski definition) is 3. The number of carbonyl (C=O) groups is 2. The molecule has 0 bridgehead atoms. The first-order chi connectivity index (χ1) is 10.1. The molecular weight excluding hydrogens is 288 g/mol. The van der Waals surface area contributed by atoms with E-state index in [0.717, 1.165) is 0 Å². The fourth-order valence-corrected chi connectivity index (χ4v) is 3.74. The molecule has 2 fully saturated rings. The predicted octanol–water partition coefficient (Wildman–Crippen LogP) is 2.71. The second-order valence-electron chi connectivity index (χ2n) is 5.88. The van der Waals surface area contributed by atoms with Crippen molar-refractivity contribution in [3.05, 3.63) is 22.4 Å². The van der Waals surface area contributed by atoms with E-state index in [1.807, 2.05) is 11.4 Å². The van der Waals surface area contributed by atoms with Crippen molar-refractivity contribution in [1.82, 2.24) is 10.2 Å². The minimum absolute atomic E-state index is 0.0517. The maximum atomic E-state index is 12.4. The molecule has 6 heteroatoms. The molecule has 2 heterocycles. The van der Waals surface area contributed by atoms with E-state index in [2.05, 4.69) is 11.4 Å². The topological polar surface area (TPSA) is 69.6 Å². The molecule has 5 nitrogen and oxygen atoms in total. The van der Waals surface area contributed by atoms with Gasteiger partial charge >= 0.3 is 12.0 Å². The van der Waals surface area contributed by atoms with E-state index in [-0.39, 0.29) is 18.0 Å². The SMILES string of the molecule is O=C(O)C1CCN(C(=O)NC(c2cccs2)C2CC2)CC1. The Morgan fingerprint density at radius 2 is 2.00 bits per heavy atom. The van der Waals surface area contributed by atoms with Crippen molar-refractivity contribution in [3.63, 3.8) is 0 Å². The average molecular weight is 308 g/mol. The van der Waals surface area contributed by atoms with Crippen LogP contribution >= 0.6 is 11.3 Å². The van der Waals surface area contributed by atoms with Crippen molar-refractivity contribution in [3.8, 4) is 0 Å². The maximum Gasteiger partial charge on any atom is 0.317 e. The molecule has 0 aromatic carbocycles. The fourth-order valence-electron chi connectivity index (χ4n) is 2.87. The second kappa shape index (κ2) is 6.05. The Balaban J connectivity index is 1.57. The first-order valence-electron chi connectivity index (χ1n) is 7.47. The zero-order valence-corrected chi connectivity index (χ0v) is 12.6. The van der Waals surface area contributed by atoms with Crippen molar-refractivity contribution in [2.45, 2.75) is 31.7 Å². The third-order valence-corrected chi connectivity index (χ3v) is 5.31. The molecule has 21 heavy (non-hydrogen) atoms. The third-order valence-electron chi connectivity index (χ3n) is 4.35. The third kappa shape index (κ3) is 3.37. The fraction of sp³-hybridized carbons (Fsp3) is 0.600. The molecule has 1 aliphatic heterocycles. The lowest BCUT2D eigenvalue weighted by atomic mass is 9.97. The van der Waals surface area contributed by atoms with Gasteiger partial charge in [-0.25, -0.2) is 4.79 Å². The van der Waals surface area contributed by atoms with E-state index in [4.69, 9.17) is 5.11 Å². The molecule has 1 saturated carbocycles. The van der Waals surface area contributed by atoms with Gasteiger partial charge in [-0.1, -0.05) is 6.07 Å². The summed E-state index contributed by atoms with van der Waals surface area (Å²) in [7, 11) is 0. The highest BCUT2D eigenvalue weighted by atomic mass is 32.1. The van der Waals surface area contributed by atoms with Gasteiger partial charge in [-0.2, -0.15) is 0 Å². The standard InChI is InChI=1S/C15H20N2O3S/c18-14(19)11-5-7-17(8-6-11)15(20)16-13(10-3-4-10)12-2-1-9-21-12/h1-2,9-11,13H,3-8H2,(H,16,20)(H,18,19). The molecule has 1 unspecified atom stereocenters. The van der Waals surface area contributed by atoms with Gasteiger partial charge in [-0.05, 0) is 43.0 Å². The number of carboxylic acid groups (broad SMARTS) is 1. The van der Waals surface area contributed by atoms with Crippen LogP contribution in [0.4, 0.5) is 4.79 Å². The summed E-state index contributed by atoms with van der Waals surface area (Å²) in [6.07, 6.45) is 3.44. The molecule has 1 aromatic rings. The molecule has 1 aromatic heterocycles. The highest BCUT2D eigenvalue weighted by Gasteiger charge is 2.35. The minimum atomic E-state index is -0.746. The molecule has 0 spiro atoms. The number of piperidine rings is 1. The average Bonchev–Trinajstić information content (AvgIpc) is 3.19. The van der Waals surface area contributed by atoms with Crippen LogP contribution in [0.25, 0.3) is 0 Å². The maximum absolute atomic E-state index is 12.4. The second-order valence-corrected chi connectivity index (χ2v) is 6.86. The number of carboxylic acids is 1. The molecule has 0 radical (unpaired) electrons. The summed E-state index contributed by atoms with van der Waals surface area (Å²) in [6.45, 7) is 1.06. The Hall–Kier alpha value is -1.56. The highest BCUT2D eigenvalue weighted by molar-refractivity contribution is 7.10. The van der Waals surface area contributed by atoms with Crippen LogP contribution in [0.1, 0.15) is 36.6 Å². The largest absolute Gasteiger partial charge is 0.481 e. The minimum Gasteiger partial charge on any atom is -0.481 e. The van der Waals surface area contributed by atoms with Gasteiger partial charge in [-0.3, -0.25) is 4.79 Å². The molecule has 1 aliphatic carbocycles. The number of likely N-dealkylation sites (tertiary alicyclic amines) is 1. The Morgan fingerprint density at radius 1 is 1.29 bits per heavy atom. The van der Waals surface area contributed by atoms with E-state index in [1.54, 1.807) is 16.2 Å². The first-order valence-corrected chi connectivity index (χ1v) is 8.35. The monoisotopic (exact) mass is 308 g/mol. The lowest BCUT2D eigenvalue weighted by Gasteiger charge is -2.31. The van der Waals surface area contributed by atoms with Gasteiger partial charge in [0.1, 0.15) is 0 Å². The van der Waals surface area contributed by atoms with Crippen LogP contribution in [0.5, 0.6) is 0 Å². The smallest absolute Gasteiger partial charge is 0.317 e. The van der Waals surface area contributed by atoms with Crippen LogP contribution in [0.2, 0.25) is 0 Å². The Morgan fingerprint density at radius 3 is 2.52 bits per heavy atom. The molecule has 1 atom stereocenters. The summed E-state index contributed by atoms with van der Waals surface area (Å²) in [5, 5.41) is 14.2. The van der Waals surface area contributed by atoms with Crippen LogP contribution in [-0.4, -0.2) is 35.1 Å². The molecule has 2 aliphatic rings. The first kappa shape index (κ1) is 14.4. The van der Waals surface area contributed by atoms with Crippen LogP contribution in [0.15, 0.2) is 17.5 Å². The number of nitrogens with one attached hydrogen (secondary N) is 1. The summed E-state index contributed by atoms with van der Waals surface area (Å²) in [4.78, 5) is 26.3. The van der Waals surface area contributed by atoms with Crippen molar-refractivity contribution >= 4 is 23.3 Å². The number of amides is 2. The lowest BCUT2D eigenvalue weighted by Crippen LogP contribution is -2.46. The lowest BCUT2D eigenvalue weighted by molar-refractivity contribution is -0.143. The summed E-state index contributed by atoms with van der Waals surface area (Å²) in [6, 6.07) is 4.16. The number of hydrogen-bond donors (Lipinski definition) is 2. The number of aliphatic carboxylic acids is 1. The van der Waals surface area contributed by atoms with Gasteiger partial charge < -0.3 is 15.3 Å². The molecule has 3 rings (SSSR count). The van der Waals surface area contributed by atoms with Gasteiger partial charge in [0.2, 0.25) is 0 Å². The number of carbonyl (C=O) groups excluding carboxylic acids is 1. The van der Waals surface area contributed by atoms with Crippen molar-refractivity contribution in [2.75, 3.05) is 13.1 Å². The van der Waals surface area contributed by atoms with E-state index in [9.17, 15) is 9.59 Å². The van der Waals surface area contributed by atoms with E-state index in [0.29, 0.717) is 31.8 Å². The summed E-state index contributed by atoms with van der Waals surface area (Å²) >= 11 is 1.68. The number of thiophene rings is 1. The van der Waals surface area contributed by atoms with Crippen LogP contribution in [0.3, 0.4) is 0 Å². The summed E-state index contributed by atoms with van der Waals surface area (Å²) < 4.78 is 0. The highest BCUT2D eigenvalue weighted by Crippen LogP contribution is 2.42. The zero-order valence-electron chi connectivity index (χ0n) is 11.8. The number of rotatable bonds is 4. The van der Waals surface area contributed by atoms with Crippen molar-refractivity contribution in [1.29, 1.82) is 0 Å². The van der Waals surface area contributed by atoms with E-state index in [1.165, 1.54) is 17.7 Å². The van der Waals surface area contributed by atoms with Crippen LogP contribution < -0.4 is 5.32 Å². The van der Waals surface area contributed by atoms with Gasteiger partial charge in [0.25, 0.3) is 0 Å². The van der Waals surface area contributed by atoms with Gasteiger partial charge in [0.05, 0.1) is 12.0 Å². The van der Waals surface area contributed by atoms with Gasteiger partial charge in [0, 0.05) is 18.0 Å². The van der Waals surface area contributed by atoms with Crippen molar-refractivity contribution in [2.24, 2.45) is 11.8 Å². The molecular formula is C15H20N2O3S.